The summed E-state index contributed by atoms with van der Waals surface area (Å²) in [4.78, 5) is 1.98. The minimum Gasteiger partial charge on any atom is -0.446 e. The van der Waals surface area contributed by atoms with Crippen LogP contribution in [0.1, 0.15) is 5.76 Å². The minimum atomic E-state index is 0.766. The molecule has 0 radical (unpaired) electrons. The zero-order valence-corrected chi connectivity index (χ0v) is 8.90. The Kier molecular flexibility index (Phi) is 2.37. The smallest absolute Gasteiger partial charge is 0.199 e. The Hall–Kier alpha value is -1.90. The summed E-state index contributed by atoms with van der Waals surface area (Å²) in [6.45, 7) is 1.93. The molecule has 15 heavy (non-hydrogen) atoms. The van der Waals surface area contributed by atoms with Crippen molar-refractivity contribution in [2.75, 3.05) is 17.7 Å². The van der Waals surface area contributed by atoms with Gasteiger partial charge in [-0.1, -0.05) is 0 Å². The number of hydrogen-bond acceptors (Lipinski definition) is 3. The van der Waals surface area contributed by atoms with Crippen molar-refractivity contribution in [3.63, 3.8) is 0 Å². The van der Waals surface area contributed by atoms with Gasteiger partial charge in [0.2, 0.25) is 0 Å². The summed E-state index contributed by atoms with van der Waals surface area (Å²) in [5.41, 5.74) is 7.45. The Labute approximate surface area is 89.1 Å². The van der Waals surface area contributed by atoms with Gasteiger partial charge in [0.25, 0.3) is 0 Å². The molecule has 2 aromatic rings. The molecule has 2 N–H and O–H groups in total. The van der Waals surface area contributed by atoms with E-state index in [1.54, 1.807) is 0 Å². The molecule has 1 heterocycles. The molecule has 0 atom stereocenters. The van der Waals surface area contributed by atoms with Crippen LogP contribution in [0, 0.1) is 6.92 Å². The topological polar surface area (TPSA) is 42.4 Å². The van der Waals surface area contributed by atoms with E-state index in [0.29, 0.717) is 0 Å². The molecule has 78 valence electrons. The molecule has 0 fully saturated rings. The lowest BCUT2D eigenvalue weighted by Crippen LogP contribution is -2.08. The van der Waals surface area contributed by atoms with Gasteiger partial charge in [0.05, 0.1) is 0 Å². The van der Waals surface area contributed by atoms with E-state index in [2.05, 4.69) is 0 Å². The van der Waals surface area contributed by atoms with Crippen molar-refractivity contribution in [3.8, 4) is 0 Å². The predicted molar refractivity (Wildman–Crippen MR) is 62.4 cm³/mol. The quantitative estimate of drug-likeness (QED) is 0.761. The molecule has 0 unspecified atom stereocenters. The van der Waals surface area contributed by atoms with Crippen molar-refractivity contribution in [2.45, 2.75) is 6.92 Å². The first-order valence-electron chi connectivity index (χ1n) is 4.82. The maximum absolute atomic E-state index is 5.63. The minimum absolute atomic E-state index is 0.766. The summed E-state index contributed by atoms with van der Waals surface area (Å²) in [6, 6.07) is 11.6. The number of nitrogens with two attached hydrogens (primary N) is 1. The molecule has 3 heteroatoms. The fourth-order valence-corrected chi connectivity index (χ4v) is 1.43. The Morgan fingerprint density at radius 1 is 1.07 bits per heavy atom. The third-order valence-electron chi connectivity index (χ3n) is 2.34. The lowest BCUT2D eigenvalue weighted by atomic mass is 10.2. The number of benzene rings is 1. The second-order valence-electron chi connectivity index (χ2n) is 3.53. The average Bonchev–Trinajstić information content (AvgIpc) is 2.65. The summed E-state index contributed by atoms with van der Waals surface area (Å²) in [5, 5.41) is 0. The van der Waals surface area contributed by atoms with Crippen LogP contribution in [0.5, 0.6) is 0 Å². The fraction of sp³-hybridized carbons (Fsp3) is 0.167. The van der Waals surface area contributed by atoms with Gasteiger partial charge in [0.1, 0.15) is 5.76 Å². The molecular formula is C12H14N2O. The highest BCUT2D eigenvalue weighted by molar-refractivity contribution is 5.60. The third-order valence-corrected chi connectivity index (χ3v) is 2.34. The van der Waals surface area contributed by atoms with Crippen molar-refractivity contribution in [3.05, 3.63) is 42.2 Å². The van der Waals surface area contributed by atoms with E-state index in [-0.39, 0.29) is 0 Å². The van der Waals surface area contributed by atoms with Gasteiger partial charge in [0.15, 0.2) is 5.88 Å². The third kappa shape index (κ3) is 1.96. The predicted octanol–water partition coefficient (Wildman–Crippen LogP) is 2.94. The number of nitrogen functional groups attached to an aromatic ring is 1. The molecule has 3 nitrogen and oxygen atoms in total. The van der Waals surface area contributed by atoms with Crippen LogP contribution < -0.4 is 10.6 Å². The van der Waals surface area contributed by atoms with E-state index in [0.717, 1.165) is 23.0 Å². The van der Waals surface area contributed by atoms with E-state index in [4.69, 9.17) is 10.2 Å². The number of nitrogens with zero attached hydrogens (tertiary/aromatic N) is 1. The second-order valence-corrected chi connectivity index (χ2v) is 3.53. The normalized spacial score (nSPS) is 10.3. The molecule has 1 aromatic heterocycles. The summed E-state index contributed by atoms with van der Waals surface area (Å²) in [7, 11) is 1.96. The van der Waals surface area contributed by atoms with Gasteiger partial charge in [-0.15, -0.1) is 0 Å². The van der Waals surface area contributed by atoms with E-state index < -0.39 is 0 Å². The van der Waals surface area contributed by atoms with Gasteiger partial charge in [0, 0.05) is 24.5 Å². The second kappa shape index (κ2) is 3.69. The van der Waals surface area contributed by atoms with Crippen molar-refractivity contribution in [1.82, 2.24) is 0 Å². The zero-order valence-electron chi connectivity index (χ0n) is 8.90. The van der Waals surface area contributed by atoms with Gasteiger partial charge in [-0.2, -0.15) is 0 Å². The maximum atomic E-state index is 5.63. The maximum Gasteiger partial charge on any atom is 0.199 e. The van der Waals surface area contributed by atoms with Crippen molar-refractivity contribution in [2.24, 2.45) is 0 Å². The first-order valence-corrected chi connectivity index (χ1v) is 4.82. The number of furan rings is 1. The SMILES string of the molecule is Cc1ccc(N(C)c2ccc(N)cc2)o1. The number of rotatable bonds is 2. The Morgan fingerprint density at radius 2 is 1.73 bits per heavy atom. The Morgan fingerprint density at radius 3 is 2.27 bits per heavy atom. The van der Waals surface area contributed by atoms with E-state index >= 15 is 0 Å². The Balaban J connectivity index is 2.28. The molecule has 0 bridgehead atoms. The van der Waals surface area contributed by atoms with Crippen LogP contribution in [0.4, 0.5) is 17.3 Å². The van der Waals surface area contributed by atoms with Gasteiger partial charge in [-0.25, -0.2) is 0 Å². The van der Waals surface area contributed by atoms with Crippen molar-refractivity contribution >= 4 is 17.3 Å². The highest BCUT2D eigenvalue weighted by Crippen LogP contribution is 2.25. The van der Waals surface area contributed by atoms with E-state index in [1.807, 2.05) is 55.3 Å². The van der Waals surface area contributed by atoms with Crippen LogP contribution in [0.15, 0.2) is 40.8 Å². The number of anilines is 3. The summed E-state index contributed by atoms with van der Waals surface area (Å²) in [5.74, 6) is 1.74. The van der Waals surface area contributed by atoms with Crippen LogP contribution in [0.25, 0.3) is 0 Å². The van der Waals surface area contributed by atoms with E-state index in [9.17, 15) is 0 Å². The van der Waals surface area contributed by atoms with Crippen LogP contribution in [-0.2, 0) is 0 Å². The molecule has 0 aliphatic carbocycles. The highest BCUT2D eigenvalue weighted by atomic mass is 16.4. The van der Waals surface area contributed by atoms with Crippen molar-refractivity contribution < 1.29 is 4.42 Å². The highest BCUT2D eigenvalue weighted by Gasteiger charge is 2.06. The molecule has 0 amide bonds. The molecule has 0 spiro atoms. The van der Waals surface area contributed by atoms with Gasteiger partial charge >= 0.3 is 0 Å². The van der Waals surface area contributed by atoms with Gasteiger partial charge in [-0.3, -0.25) is 0 Å². The lowest BCUT2D eigenvalue weighted by Gasteiger charge is -2.15. The molecule has 0 saturated heterocycles. The Bertz CT molecular complexity index is 445. The van der Waals surface area contributed by atoms with Crippen molar-refractivity contribution in [1.29, 1.82) is 0 Å². The van der Waals surface area contributed by atoms with Crippen LogP contribution in [-0.4, -0.2) is 7.05 Å². The summed E-state index contributed by atoms with van der Waals surface area (Å²) < 4.78 is 5.52. The fourth-order valence-electron chi connectivity index (χ4n) is 1.43. The first-order chi connectivity index (χ1) is 7.16. The van der Waals surface area contributed by atoms with E-state index in [1.165, 1.54) is 0 Å². The number of aryl methyl sites for hydroxylation is 1. The lowest BCUT2D eigenvalue weighted by molar-refractivity contribution is 0.538. The summed E-state index contributed by atoms with van der Waals surface area (Å²) >= 11 is 0. The molecule has 1 aromatic carbocycles. The monoisotopic (exact) mass is 202 g/mol. The van der Waals surface area contributed by atoms with Crippen LogP contribution in [0.3, 0.4) is 0 Å². The first kappa shape index (κ1) is 9.65. The largest absolute Gasteiger partial charge is 0.446 e. The van der Waals surface area contributed by atoms with Crippen LogP contribution >= 0.6 is 0 Å². The average molecular weight is 202 g/mol. The molecule has 0 aliphatic heterocycles. The number of hydrogen-bond donors (Lipinski definition) is 1. The molecule has 0 aliphatic rings. The zero-order chi connectivity index (χ0) is 10.8. The van der Waals surface area contributed by atoms with Gasteiger partial charge in [-0.05, 0) is 37.3 Å². The van der Waals surface area contributed by atoms with Gasteiger partial charge < -0.3 is 15.1 Å². The standard InChI is InChI=1S/C12H14N2O/c1-9-3-8-12(15-9)14(2)11-6-4-10(13)5-7-11/h3-8H,13H2,1-2H3. The molecule has 2 rings (SSSR count). The summed E-state index contributed by atoms with van der Waals surface area (Å²) in [6.07, 6.45) is 0. The molecular weight excluding hydrogens is 188 g/mol. The molecule has 0 saturated carbocycles. The van der Waals surface area contributed by atoms with Crippen LogP contribution in [0.2, 0.25) is 0 Å².